The molecule has 0 saturated carbocycles. The first-order valence-electron chi connectivity index (χ1n) is 8.32. The maximum absolute atomic E-state index is 12.4. The SMILES string of the molecule is CC[C@@H](Cc1ccccc1)NC(=O)N(C)Cc1ccn(CC)c1. The Morgan fingerprint density at radius 3 is 2.52 bits per heavy atom. The number of hydrogen-bond acceptors (Lipinski definition) is 1. The monoisotopic (exact) mass is 313 g/mol. The molecule has 124 valence electrons. The molecule has 4 nitrogen and oxygen atoms in total. The van der Waals surface area contributed by atoms with Gasteiger partial charge in [-0.3, -0.25) is 0 Å². The third-order valence-corrected chi connectivity index (χ3v) is 4.09. The second kappa shape index (κ2) is 8.42. The van der Waals surface area contributed by atoms with Crippen molar-refractivity contribution in [2.75, 3.05) is 7.05 Å². The highest BCUT2D eigenvalue weighted by Crippen LogP contribution is 2.08. The zero-order chi connectivity index (χ0) is 16.7. The first-order valence-corrected chi connectivity index (χ1v) is 8.32. The molecule has 0 fully saturated rings. The van der Waals surface area contributed by atoms with Crippen LogP contribution in [0.3, 0.4) is 0 Å². The average molecular weight is 313 g/mol. The summed E-state index contributed by atoms with van der Waals surface area (Å²) in [4.78, 5) is 14.1. The number of aryl methyl sites for hydroxylation is 1. The van der Waals surface area contributed by atoms with Crippen molar-refractivity contribution in [2.24, 2.45) is 0 Å². The smallest absolute Gasteiger partial charge is 0.317 e. The van der Waals surface area contributed by atoms with Gasteiger partial charge < -0.3 is 14.8 Å². The largest absolute Gasteiger partial charge is 0.354 e. The fourth-order valence-electron chi connectivity index (χ4n) is 2.61. The molecule has 0 aliphatic carbocycles. The van der Waals surface area contributed by atoms with Crippen LogP contribution in [-0.2, 0) is 19.5 Å². The lowest BCUT2D eigenvalue weighted by atomic mass is 10.0. The zero-order valence-electron chi connectivity index (χ0n) is 14.3. The number of rotatable bonds is 7. The summed E-state index contributed by atoms with van der Waals surface area (Å²) in [6.45, 7) is 5.79. The van der Waals surface area contributed by atoms with E-state index in [0.29, 0.717) is 6.54 Å². The Kier molecular flexibility index (Phi) is 6.27. The Labute approximate surface area is 139 Å². The minimum atomic E-state index is -0.0166. The maximum atomic E-state index is 12.4. The number of nitrogens with one attached hydrogen (secondary N) is 1. The highest BCUT2D eigenvalue weighted by Gasteiger charge is 2.15. The van der Waals surface area contributed by atoms with Crippen LogP contribution in [0.4, 0.5) is 4.79 Å². The molecule has 4 heteroatoms. The van der Waals surface area contributed by atoms with Crippen molar-refractivity contribution in [3.8, 4) is 0 Å². The molecule has 2 amide bonds. The highest BCUT2D eigenvalue weighted by molar-refractivity contribution is 5.74. The van der Waals surface area contributed by atoms with Gasteiger partial charge in [0.25, 0.3) is 0 Å². The van der Waals surface area contributed by atoms with Crippen molar-refractivity contribution in [3.05, 3.63) is 59.9 Å². The number of hydrogen-bond donors (Lipinski definition) is 1. The van der Waals surface area contributed by atoms with Crippen LogP contribution in [0.2, 0.25) is 0 Å². The third kappa shape index (κ3) is 5.16. The lowest BCUT2D eigenvalue weighted by Crippen LogP contribution is -2.43. The topological polar surface area (TPSA) is 37.3 Å². The Bertz CT molecular complexity index is 606. The molecule has 1 atom stereocenters. The molecule has 0 bridgehead atoms. The minimum absolute atomic E-state index is 0.0166. The van der Waals surface area contributed by atoms with Gasteiger partial charge in [0.15, 0.2) is 0 Å². The Balaban J connectivity index is 1.88. The Morgan fingerprint density at radius 1 is 1.17 bits per heavy atom. The molecule has 23 heavy (non-hydrogen) atoms. The van der Waals surface area contributed by atoms with Gasteiger partial charge >= 0.3 is 6.03 Å². The molecular weight excluding hydrogens is 286 g/mol. The molecule has 2 rings (SSSR count). The van der Waals surface area contributed by atoms with Gasteiger partial charge in [-0.05, 0) is 37.0 Å². The van der Waals surface area contributed by atoms with Gasteiger partial charge in [-0.1, -0.05) is 37.3 Å². The highest BCUT2D eigenvalue weighted by atomic mass is 16.2. The predicted molar refractivity (Wildman–Crippen MR) is 94.3 cm³/mol. The van der Waals surface area contributed by atoms with Crippen LogP contribution in [0, 0.1) is 0 Å². The summed E-state index contributed by atoms with van der Waals surface area (Å²) >= 11 is 0. The van der Waals surface area contributed by atoms with Gasteiger partial charge in [0.1, 0.15) is 0 Å². The van der Waals surface area contributed by atoms with E-state index in [9.17, 15) is 4.79 Å². The first kappa shape index (κ1) is 17.1. The number of aromatic nitrogens is 1. The molecule has 0 radical (unpaired) electrons. The minimum Gasteiger partial charge on any atom is -0.354 e. The lowest BCUT2D eigenvalue weighted by Gasteiger charge is -2.23. The van der Waals surface area contributed by atoms with Crippen molar-refractivity contribution >= 4 is 6.03 Å². The van der Waals surface area contributed by atoms with E-state index in [4.69, 9.17) is 0 Å². The van der Waals surface area contributed by atoms with E-state index in [2.05, 4.69) is 48.1 Å². The van der Waals surface area contributed by atoms with E-state index in [1.54, 1.807) is 4.90 Å². The summed E-state index contributed by atoms with van der Waals surface area (Å²) in [5.74, 6) is 0. The van der Waals surface area contributed by atoms with Crippen LogP contribution in [0.5, 0.6) is 0 Å². The summed E-state index contributed by atoms with van der Waals surface area (Å²) in [7, 11) is 1.84. The van der Waals surface area contributed by atoms with E-state index in [0.717, 1.165) is 24.9 Å². The standard InChI is InChI=1S/C19H27N3O/c1-4-18(13-16-9-7-6-8-10-16)20-19(23)21(3)14-17-11-12-22(5-2)15-17/h6-12,15,18H,4-5,13-14H2,1-3H3,(H,20,23)/t18-/m0/s1. The van der Waals surface area contributed by atoms with Gasteiger partial charge in [-0.15, -0.1) is 0 Å². The fourth-order valence-corrected chi connectivity index (χ4v) is 2.61. The molecule has 0 unspecified atom stereocenters. The fraction of sp³-hybridized carbons (Fsp3) is 0.421. The van der Waals surface area contributed by atoms with Gasteiger partial charge in [-0.2, -0.15) is 0 Å². The van der Waals surface area contributed by atoms with Crippen molar-refractivity contribution < 1.29 is 4.79 Å². The van der Waals surface area contributed by atoms with E-state index in [-0.39, 0.29) is 12.1 Å². The molecule has 1 aromatic carbocycles. The third-order valence-electron chi connectivity index (χ3n) is 4.09. The molecule has 2 aromatic rings. The number of nitrogens with zero attached hydrogens (tertiary/aromatic N) is 2. The molecular formula is C19H27N3O. The number of urea groups is 1. The van der Waals surface area contributed by atoms with Crippen molar-refractivity contribution in [1.82, 2.24) is 14.8 Å². The van der Waals surface area contributed by atoms with Crippen LogP contribution in [0.15, 0.2) is 48.8 Å². The number of carbonyl (C=O) groups excluding carboxylic acids is 1. The number of benzene rings is 1. The van der Waals surface area contributed by atoms with Crippen LogP contribution < -0.4 is 5.32 Å². The van der Waals surface area contributed by atoms with Crippen molar-refractivity contribution in [3.63, 3.8) is 0 Å². The Hall–Kier alpha value is -2.23. The van der Waals surface area contributed by atoms with E-state index < -0.39 is 0 Å². The van der Waals surface area contributed by atoms with Crippen LogP contribution in [0.1, 0.15) is 31.4 Å². The first-order chi connectivity index (χ1) is 11.1. The molecule has 0 aliphatic rings. The normalized spacial score (nSPS) is 12.0. The lowest BCUT2D eigenvalue weighted by molar-refractivity contribution is 0.202. The van der Waals surface area contributed by atoms with Crippen LogP contribution in [-0.4, -0.2) is 28.6 Å². The van der Waals surface area contributed by atoms with Gasteiger partial charge in [-0.25, -0.2) is 4.79 Å². The number of carbonyl (C=O) groups is 1. The quantitative estimate of drug-likeness (QED) is 0.832. The van der Waals surface area contributed by atoms with E-state index in [1.807, 2.05) is 31.4 Å². The van der Waals surface area contributed by atoms with Gasteiger partial charge in [0.2, 0.25) is 0 Å². The molecule has 1 heterocycles. The summed E-state index contributed by atoms with van der Waals surface area (Å²) < 4.78 is 2.12. The summed E-state index contributed by atoms with van der Waals surface area (Å²) in [6, 6.07) is 12.5. The molecule has 1 N–H and O–H groups in total. The second-order valence-corrected chi connectivity index (χ2v) is 5.95. The maximum Gasteiger partial charge on any atom is 0.317 e. The zero-order valence-corrected chi connectivity index (χ0v) is 14.3. The van der Waals surface area contributed by atoms with Gasteiger partial charge in [0, 0.05) is 38.6 Å². The summed E-state index contributed by atoms with van der Waals surface area (Å²) in [5, 5.41) is 3.14. The van der Waals surface area contributed by atoms with Crippen LogP contribution in [0.25, 0.3) is 0 Å². The molecule has 0 aliphatic heterocycles. The molecule has 0 saturated heterocycles. The van der Waals surface area contributed by atoms with Crippen LogP contribution >= 0.6 is 0 Å². The van der Waals surface area contributed by atoms with E-state index >= 15 is 0 Å². The second-order valence-electron chi connectivity index (χ2n) is 5.95. The summed E-state index contributed by atoms with van der Waals surface area (Å²) in [6.07, 6.45) is 5.92. The van der Waals surface area contributed by atoms with E-state index in [1.165, 1.54) is 5.56 Å². The summed E-state index contributed by atoms with van der Waals surface area (Å²) in [5.41, 5.74) is 2.41. The number of amides is 2. The average Bonchev–Trinajstić information content (AvgIpc) is 3.02. The predicted octanol–water partition coefficient (Wildman–Crippen LogP) is 3.67. The van der Waals surface area contributed by atoms with Crippen molar-refractivity contribution in [1.29, 1.82) is 0 Å². The Morgan fingerprint density at radius 2 is 1.91 bits per heavy atom. The molecule has 1 aromatic heterocycles. The van der Waals surface area contributed by atoms with Gasteiger partial charge in [0.05, 0.1) is 0 Å². The molecule has 0 spiro atoms. The van der Waals surface area contributed by atoms with Crippen molar-refractivity contribution in [2.45, 2.75) is 45.8 Å².